The number of aliphatic hydroxyl groups is 1. The fraction of sp³-hybridized carbons (Fsp3) is 0.765. The second kappa shape index (κ2) is 17.8. The van der Waals surface area contributed by atoms with Crippen molar-refractivity contribution in [1.29, 1.82) is 0 Å². The van der Waals surface area contributed by atoms with Gasteiger partial charge in [-0.3, -0.25) is 0 Å². The third kappa shape index (κ3) is 18.8. The van der Waals surface area contributed by atoms with Gasteiger partial charge >= 0.3 is 24.6 Å². The average molecular weight is 456 g/mol. The molecule has 31 heavy (non-hydrogen) atoms. The van der Waals surface area contributed by atoms with E-state index in [1.54, 1.807) is 6.92 Å². The lowest BCUT2D eigenvalue weighted by atomic mass is 10.4. The summed E-state index contributed by atoms with van der Waals surface area (Å²) in [4.78, 5) is 44.8. The second-order valence-corrected chi connectivity index (χ2v) is 5.61. The molecule has 0 aliphatic rings. The van der Waals surface area contributed by atoms with Gasteiger partial charge in [0.1, 0.15) is 52.9 Å². The summed E-state index contributed by atoms with van der Waals surface area (Å²) < 4.78 is 41.7. The number of ether oxygens (including phenoxy) is 9. The molecule has 0 amide bonds. The predicted octanol–water partition coefficient (Wildman–Crippen LogP) is 1.01. The molecule has 0 spiro atoms. The van der Waals surface area contributed by atoms with Gasteiger partial charge in [0.05, 0.1) is 12.2 Å². The number of methoxy groups -OCH3 is 1. The molecule has 2 unspecified atom stereocenters. The van der Waals surface area contributed by atoms with Gasteiger partial charge in [0.25, 0.3) is 0 Å². The van der Waals surface area contributed by atoms with Crippen LogP contribution in [0, 0.1) is 0 Å². The number of carbonyl (C=O) groups excluding carboxylic acids is 4. The Balaban J connectivity index is 3.56. The minimum absolute atomic E-state index is 0.0181. The number of rotatable bonds is 14. The molecule has 0 heterocycles. The summed E-state index contributed by atoms with van der Waals surface area (Å²) in [6.07, 6.45) is -5.20. The van der Waals surface area contributed by atoms with Gasteiger partial charge in [-0.15, -0.1) is 0 Å². The topological polar surface area (TPSA) is 172 Å². The molecule has 2 atom stereocenters. The lowest BCUT2D eigenvalue weighted by Gasteiger charge is -2.10. The molecule has 0 saturated carbocycles. The van der Waals surface area contributed by atoms with E-state index in [4.69, 9.17) is 14.6 Å². The molecule has 0 fully saturated rings. The minimum atomic E-state index is -1.08. The molecule has 0 aromatic rings. The van der Waals surface area contributed by atoms with Crippen LogP contribution in [0.5, 0.6) is 0 Å². The van der Waals surface area contributed by atoms with Crippen LogP contribution >= 0.6 is 0 Å². The summed E-state index contributed by atoms with van der Waals surface area (Å²) >= 11 is 0. The Kier molecular flexibility index (Phi) is 16.1. The second-order valence-electron chi connectivity index (χ2n) is 5.61. The fourth-order valence-electron chi connectivity index (χ4n) is 1.36. The van der Waals surface area contributed by atoms with Crippen LogP contribution in [0.1, 0.15) is 13.8 Å². The largest absolute Gasteiger partial charge is 0.508 e. The van der Waals surface area contributed by atoms with Gasteiger partial charge < -0.3 is 47.7 Å². The Morgan fingerprint density at radius 2 is 0.871 bits per heavy atom. The van der Waals surface area contributed by atoms with Crippen LogP contribution in [0.3, 0.4) is 0 Å². The van der Waals surface area contributed by atoms with Crippen LogP contribution in [0.2, 0.25) is 0 Å². The van der Waals surface area contributed by atoms with Crippen molar-refractivity contribution in [2.24, 2.45) is 0 Å². The monoisotopic (exact) mass is 456 g/mol. The lowest BCUT2D eigenvalue weighted by Crippen LogP contribution is -2.21. The van der Waals surface area contributed by atoms with E-state index in [1.165, 1.54) is 14.0 Å². The van der Waals surface area contributed by atoms with E-state index in [0.29, 0.717) is 0 Å². The molecular weight excluding hydrogens is 428 g/mol. The maximum absolute atomic E-state index is 11.3. The van der Waals surface area contributed by atoms with Gasteiger partial charge in [0, 0.05) is 7.11 Å². The van der Waals surface area contributed by atoms with Crippen LogP contribution in [0.15, 0.2) is 0 Å². The highest BCUT2D eigenvalue weighted by atomic mass is 16.8. The van der Waals surface area contributed by atoms with E-state index >= 15 is 0 Å². The smallest absolute Gasteiger partial charge is 0.432 e. The first-order chi connectivity index (χ1) is 14.7. The van der Waals surface area contributed by atoms with E-state index in [1.807, 2.05) is 0 Å². The van der Waals surface area contributed by atoms with Crippen LogP contribution in [0.4, 0.5) is 19.2 Å². The third-order valence-electron chi connectivity index (χ3n) is 2.85. The summed E-state index contributed by atoms with van der Waals surface area (Å²) in [7, 11) is 1.46. The first-order valence-corrected chi connectivity index (χ1v) is 9.13. The van der Waals surface area contributed by atoms with Crippen molar-refractivity contribution in [1.82, 2.24) is 0 Å². The van der Waals surface area contributed by atoms with Crippen LogP contribution in [-0.2, 0) is 42.6 Å². The number of hydrogen-bond donors (Lipinski definition) is 1. The zero-order valence-electron chi connectivity index (χ0n) is 17.6. The van der Waals surface area contributed by atoms with Crippen LogP contribution in [0.25, 0.3) is 0 Å². The van der Waals surface area contributed by atoms with Crippen molar-refractivity contribution in [2.45, 2.75) is 26.1 Å². The van der Waals surface area contributed by atoms with Crippen molar-refractivity contribution < 1.29 is 66.9 Å². The zero-order valence-corrected chi connectivity index (χ0v) is 17.6. The molecule has 0 aromatic heterocycles. The fourth-order valence-corrected chi connectivity index (χ4v) is 1.36. The highest BCUT2D eigenvalue weighted by Gasteiger charge is 2.11. The molecule has 0 rings (SSSR count). The molecule has 0 bridgehead atoms. The molecule has 14 heteroatoms. The summed E-state index contributed by atoms with van der Waals surface area (Å²) in [5, 5.41) is 8.91. The summed E-state index contributed by atoms with van der Waals surface area (Å²) in [6.45, 7) is 1.21. The van der Waals surface area contributed by atoms with E-state index in [0.717, 1.165) is 0 Å². The maximum Gasteiger partial charge on any atom is 0.508 e. The van der Waals surface area contributed by atoms with E-state index in [9.17, 15) is 19.2 Å². The van der Waals surface area contributed by atoms with Gasteiger partial charge in [0.15, 0.2) is 0 Å². The molecule has 1 N–H and O–H groups in total. The molecule has 14 nitrogen and oxygen atoms in total. The Hall–Kier alpha value is -3.00. The summed E-state index contributed by atoms with van der Waals surface area (Å²) in [6, 6.07) is 0. The van der Waals surface area contributed by atoms with Crippen molar-refractivity contribution in [3.63, 3.8) is 0 Å². The third-order valence-corrected chi connectivity index (χ3v) is 2.85. The molecule has 0 aliphatic heterocycles. The number of hydrogen-bond acceptors (Lipinski definition) is 14. The van der Waals surface area contributed by atoms with Gasteiger partial charge in [-0.1, -0.05) is 0 Å². The van der Waals surface area contributed by atoms with E-state index in [-0.39, 0.29) is 59.0 Å². The SMILES string of the molecule is COC(C)COC(=O)OCCOC(=O)OCCOC(=O)OCCOC(=O)OCC(C)O. The Morgan fingerprint density at radius 3 is 1.16 bits per heavy atom. The van der Waals surface area contributed by atoms with Crippen molar-refractivity contribution in [2.75, 3.05) is 60.0 Å². The van der Waals surface area contributed by atoms with Crippen molar-refractivity contribution in [3.05, 3.63) is 0 Å². The highest BCUT2D eigenvalue weighted by molar-refractivity contribution is 5.61. The zero-order chi connectivity index (χ0) is 23.5. The van der Waals surface area contributed by atoms with Crippen molar-refractivity contribution in [3.8, 4) is 0 Å². The first-order valence-electron chi connectivity index (χ1n) is 9.13. The quantitative estimate of drug-likeness (QED) is 0.223. The minimum Gasteiger partial charge on any atom is -0.432 e. The molecular formula is C17H28O14. The molecule has 0 aromatic carbocycles. The predicted molar refractivity (Wildman–Crippen MR) is 97.4 cm³/mol. The number of carbonyl (C=O) groups is 4. The maximum atomic E-state index is 11.3. The van der Waals surface area contributed by atoms with Gasteiger partial charge in [-0.2, -0.15) is 0 Å². The molecule has 0 aliphatic carbocycles. The molecule has 180 valence electrons. The molecule has 0 saturated heterocycles. The van der Waals surface area contributed by atoms with Crippen LogP contribution < -0.4 is 0 Å². The Bertz CT molecular complexity index is 535. The average Bonchev–Trinajstić information content (AvgIpc) is 2.74. The Labute approximate surface area is 178 Å². The normalized spacial score (nSPS) is 12.0. The van der Waals surface area contributed by atoms with Crippen molar-refractivity contribution >= 4 is 24.6 Å². The Morgan fingerprint density at radius 1 is 0.581 bits per heavy atom. The van der Waals surface area contributed by atoms with E-state index < -0.39 is 30.7 Å². The lowest BCUT2D eigenvalue weighted by molar-refractivity contribution is -0.0101. The van der Waals surface area contributed by atoms with E-state index in [2.05, 4.69) is 33.2 Å². The molecule has 0 radical (unpaired) electrons. The number of aliphatic hydroxyl groups excluding tert-OH is 1. The van der Waals surface area contributed by atoms with Gasteiger partial charge in [-0.05, 0) is 13.8 Å². The summed E-state index contributed by atoms with van der Waals surface area (Å²) in [5.41, 5.74) is 0. The van der Waals surface area contributed by atoms with Gasteiger partial charge in [0.2, 0.25) is 0 Å². The standard InChI is InChI=1S/C17H28O14/c1-12(18)10-30-16(21)28-8-6-26-14(19)24-4-5-25-15(20)27-7-9-29-17(22)31-11-13(2)23-3/h12-13,18H,4-11H2,1-3H3. The highest BCUT2D eigenvalue weighted by Crippen LogP contribution is 1.94. The van der Waals surface area contributed by atoms with Crippen LogP contribution in [-0.4, -0.2) is 102 Å². The first kappa shape index (κ1) is 28.0. The summed E-state index contributed by atoms with van der Waals surface area (Å²) in [5.74, 6) is 0. The van der Waals surface area contributed by atoms with Gasteiger partial charge in [-0.25, -0.2) is 19.2 Å².